The van der Waals surface area contributed by atoms with Crippen molar-refractivity contribution < 1.29 is 88.3 Å². The predicted octanol–water partition coefficient (Wildman–Crippen LogP) is 18.6. The maximum atomic E-state index is 13.6. The van der Waals surface area contributed by atoms with Gasteiger partial charge in [-0.2, -0.15) is 26.3 Å². The van der Waals surface area contributed by atoms with Crippen molar-refractivity contribution in [3.05, 3.63) is 220 Å². The number of methoxy groups -OCH3 is 6. The lowest BCUT2D eigenvalue weighted by Crippen LogP contribution is -2.36. The monoisotopic (exact) mass is 1780 g/mol. The van der Waals surface area contributed by atoms with Gasteiger partial charge in [0.25, 0.3) is 17.7 Å². The second-order valence-electron chi connectivity index (χ2n) is 31.6. The molecule has 15 rings (SSSR count). The highest BCUT2D eigenvalue weighted by Crippen LogP contribution is 2.45. The van der Waals surface area contributed by atoms with E-state index < -0.39 is 53.4 Å². The molecule has 0 saturated carbocycles. The summed E-state index contributed by atoms with van der Waals surface area (Å²) in [5.41, 5.74) is 7.83. The summed E-state index contributed by atoms with van der Waals surface area (Å²) < 4.78 is 113. The molecule has 0 atom stereocenters. The first kappa shape index (κ1) is 92.5. The van der Waals surface area contributed by atoms with E-state index in [2.05, 4.69) is 70.3 Å². The van der Waals surface area contributed by atoms with Gasteiger partial charge in [-0.15, -0.1) is 0 Å². The Labute approximate surface area is 744 Å². The molecular formula is C94H95F6N17O13. The fourth-order valence-electron chi connectivity index (χ4n) is 15.5. The van der Waals surface area contributed by atoms with Crippen molar-refractivity contribution in [1.82, 2.24) is 29.9 Å². The van der Waals surface area contributed by atoms with Crippen LogP contribution in [-0.4, -0.2) is 162 Å². The molecule has 3 aliphatic rings. The summed E-state index contributed by atoms with van der Waals surface area (Å²) in [7, 11) is 13.8. The standard InChI is InChI=1S/C32H33F3N6O4.C32H34N6O5.C30H28F3N5O4/c1-19-8-9-20(30(42)38-25-15-21(32(33,34)35)10-11-26(25)41-12-6-5-7-13-41)14-23(19)39-31(43)40(2)29-22-16-27(44-3)28(45-4)17-24(22)36-18-37-29;1-18-8-9-20(30(40)35-21-10-11-26-23(13-21)32(3,4)16-38(26)19(2)39)12-24(18)36-31(41)37(5)29-22-14-27(42-6)28(43-7)15-25(22)33-17-34-29;1-17-7-8-19(28(39)38-11-5-6-18-9-10-20(13-24(18)38)30(31,32)33)12-22(17)36-29(40)37(2)27-21-14-25(41-3)26(42-4)15-23(21)34-16-35-27/h8-11,14-18H,5-7,12-13H2,1-4H3,(H,38,42)(H,39,43);8-15,17H,16H2,1-7H3,(H,35,40)(H,36,41);7-10,12-16H,5-6,11H2,1-4H3,(H,36,40). The molecule has 30 nitrogen and oxygen atoms in total. The minimum Gasteiger partial charge on any atom is -0.493 e. The molecule has 6 heterocycles. The third-order valence-corrected chi connectivity index (χ3v) is 22.7. The summed E-state index contributed by atoms with van der Waals surface area (Å²) in [6.45, 7) is 13.3. The van der Waals surface area contributed by atoms with Crippen LogP contribution in [0.3, 0.4) is 0 Å². The molecule has 130 heavy (non-hydrogen) atoms. The number of urea groups is 3. The van der Waals surface area contributed by atoms with Crippen LogP contribution in [-0.2, 0) is 29.0 Å². The minimum absolute atomic E-state index is 0.0173. The number of rotatable bonds is 18. The van der Waals surface area contributed by atoms with Gasteiger partial charge in [-0.3, -0.25) is 33.9 Å². The number of alkyl halides is 6. The maximum absolute atomic E-state index is 13.6. The van der Waals surface area contributed by atoms with Crippen molar-refractivity contribution in [2.75, 3.05) is 146 Å². The fourth-order valence-corrected chi connectivity index (χ4v) is 15.5. The molecule has 1 fully saturated rings. The molecule has 0 unspecified atom stereocenters. The quantitative estimate of drug-likeness (QED) is 0.0498. The van der Waals surface area contributed by atoms with Gasteiger partial charge in [0.05, 0.1) is 81.7 Å². The van der Waals surface area contributed by atoms with E-state index in [1.807, 2.05) is 24.0 Å². The molecule has 3 aromatic heterocycles. The van der Waals surface area contributed by atoms with Crippen molar-refractivity contribution in [2.24, 2.45) is 0 Å². The minimum atomic E-state index is -4.57. The summed E-state index contributed by atoms with van der Waals surface area (Å²) in [5, 5.41) is 15.9. The van der Waals surface area contributed by atoms with Crippen molar-refractivity contribution in [1.29, 1.82) is 0 Å². The molecule has 1 saturated heterocycles. The van der Waals surface area contributed by atoms with Gasteiger partial charge in [-0.25, -0.2) is 44.3 Å². The van der Waals surface area contributed by atoms with Crippen molar-refractivity contribution in [3.8, 4) is 34.5 Å². The van der Waals surface area contributed by atoms with Crippen LogP contribution in [0.25, 0.3) is 32.7 Å². The molecule has 0 aliphatic carbocycles. The third-order valence-electron chi connectivity index (χ3n) is 22.7. The Bertz CT molecular complexity index is 6410. The second-order valence-corrected chi connectivity index (χ2v) is 31.6. The van der Waals surface area contributed by atoms with Crippen LogP contribution in [0.2, 0.25) is 0 Å². The zero-order valence-corrected chi connectivity index (χ0v) is 73.9. The highest BCUT2D eigenvalue weighted by Gasteiger charge is 2.39. The number of hydrogen-bond donors (Lipinski definition) is 5. The van der Waals surface area contributed by atoms with E-state index in [-0.39, 0.29) is 46.3 Å². The van der Waals surface area contributed by atoms with E-state index >= 15 is 0 Å². The van der Waals surface area contributed by atoms with Crippen LogP contribution in [0.15, 0.2) is 165 Å². The van der Waals surface area contributed by atoms with Crippen LogP contribution in [0.5, 0.6) is 34.5 Å². The number of ether oxygens (including phenoxy) is 6. The number of piperidine rings is 1. The summed E-state index contributed by atoms with van der Waals surface area (Å²) in [6, 6.07) is 35.7. The lowest BCUT2D eigenvalue weighted by atomic mass is 9.87. The van der Waals surface area contributed by atoms with Gasteiger partial charge in [0, 0.05) is 145 Å². The number of carbonyl (C=O) groups is 7. The lowest BCUT2D eigenvalue weighted by Gasteiger charge is -2.31. The van der Waals surface area contributed by atoms with Crippen LogP contribution in [0, 0.1) is 20.8 Å². The van der Waals surface area contributed by atoms with E-state index in [4.69, 9.17) is 28.4 Å². The number of anilines is 11. The topological polar surface area (TPSA) is 332 Å². The molecule has 36 heteroatoms. The number of aromatic nitrogens is 6. The second kappa shape index (κ2) is 38.6. The number of nitrogens with zero attached hydrogens (tertiary/aromatic N) is 12. The molecule has 3 aliphatic heterocycles. The van der Waals surface area contributed by atoms with E-state index in [9.17, 15) is 59.9 Å². The number of aryl methyl sites for hydroxylation is 4. The number of benzene rings is 9. The van der Waals surface area contributed by atoms with Gasteiger partial charge >= 0.3 is 30.4 Å². The van der Waals surface area contributed by atoms with Crippen LogP contribution >= 0.6 is 0 Å². The van der Waals surface area contributed by atoms with E-state index in [1.54, 1.807) is 125 Å². The molecule has 676 valence electrons. The largest absolute Gasteiger partial charge is 0.493 e. The van der Waals surface area contributed by atoms with Gasteiger partial charge in [0.2, 0.25) is 5.91 Å². The molecule has 0 bridgehead atoms. The van der Waals surface area contributed by atoms with Gasteiger partial charge in [-0.05, 0) is 184 Å². The average molecular weight is 1780 g/mol. The maximum Gasteiger partial charge on any atom is 0.416 e. The van der Waals surface area contributed by atoms with Crippen molar-refractivity contribution >= 4 is 137 Å². The average Bonchev–Trinajstić information content (AvgIpc) is 1.67. The van der Waals surface area contributed by atoms with Crippen LogP contribution in [0.1, 0.15) is 116 Å². The van der Waals surface area contributed by atoms with E-state index in [1.165, 1.54) is 113 Å². The summed E-state index contributed by atoms with van der Waals surface area (Å²) in [4.78, 5) is 127. The molecule has 12 aromatic rings. The van der Waals surface area contributed by atoms with Gasteiger partial charge in [0.1, 0.15) is 36.4 Å². The van der Waals surface area contributed by atoms with E-state index in [0.717, 1.165) is 60.3 Å². The number of nitrogens with one attached hydrogen (secondary N) is 5. The van der Waals surface area contributed by atoms with Gasteiger partial charge < -0.3 is 69.7 Å². The lowest BCUT2D eigenvalue weighted by molar-refractivity contribution is -0.138. The van der Waals surface area contributed by atoms with Crippen molar-refractivity contribution in [3.63, 3.8) is 0 Å². The van der Waals surface area contributed by atoms with Gasteiger partial charge in [0.15, 0.2) is 34.5 Å². The normalized spacial score (nSPS) is 13.2. The summed E-state index contributed by atoms with van der Waals surface area (Å²) in [5.74, 6) is 2.41. The smallest absolute Gasteiger partial charge is 0.416 e. The number of carbonyl (C=O) groups excluding carboxylic acids is 7. The molecule has 0 spiro atoms. The third kappa shape index (κ3) is 20.0. The molecule has 9 aromatic carbocycles. The predicted molar refractivity (Wildman–Crippen MR) is 486 cm³/mol. The Morgan fingerprint density at radius 3 is 1.23 bits per heavy atom. The summed E-state index contributed by atoms with van der Waals surface area (Å²) in [6.07, 6.45) is -0.992. The Morgan fingerprint density at radius 2 is 0.800 bits per heavy atom. The zero-order chi connectivity index (χ0) is 93.5. The Balaban J connectivity index is 0.000000166. The Morgan fingerprint density at radius 1 is 0.400 bits per heavy atom. The Hall–Kier alpha value is -15.1. The number of amides is 10. The molecule has 5 N–H and O–H groups in total. The van der Waals surface area contributed by atoms with E-state index in [0.29, 0.717) is 168 Å². The van der Waals surface area contributed by atoms with Gasteiger partial charge in [-0.1, -0.05) is 38.1 Å². The highest BCUT2D eigenvalue weighted by atomic mass is 19.4. The fraction of sp³-hybridized carbons (Fsp3) is 0.287. The zero-order valence-electron chi connectivity index (χ0n) is 73.9. The molecule has 0 radical (unpaired) electrons. The van der Waals surface area contributed by atoms with Crippen molar-refractivity contribution in [2.45, 2.75) is 91.4 Å². The number of fused-ring (bicyclic) bond motifs is 5. The SMILES string of the molecule is COc1cc2ncnc(N(C)C(=O)Nc3cc(C(=O)N4CCCc5ccc(C(F)(F)F)cc54)ccc3C)c2cc1OC.COc1cc2ncnc(N(C)C(=O)Nc3cc(C(=O)Nc4cc(C(F)(F)F)ccc4N4CCCCC4)ccc3C)c2cc1OC.COc1cc2ncnc(N(C)C(=O)Nc3cc(C(=O)Nc4ccc5c(c4)C(C)(C)CN5C(C)=O)ccc3C)c2cc1OC. The molecular weight excluding hydrogens is 1690 g/mol. The number of halogens is 6. The summed E-state index contributed by atoms with van der Waals surface area (Å²) >= 11 is 0. The first-order valence-corrected chi connectivity index (χ1v) is 41.0. The van der Waals surface area contributed by atoms with Crippen LogP contribution in [0.4, 0.5) is 104 Å². The number of hydrogen-bond acceptors (Lipinski definition) is 20. The first-order chi connectivity index (χ1) is 61.9. The van der Waals surface area contributed by atoms with Crippen LogP contribution < -0.4 is 84.4 Å². The first-order valence-electron chi connectivity index (χ1n) is 41.0. The highest BCUT2D eigenvalue weighted by molar-refractivity contribution is 6.13. The molecule has 10 amide bonds. The Kier molecular flexibility index (Phi) is 27.5.